The summed E-state index contributed by atoms with van der Waals surface area (Å²) in [4.78, 5) is 14.0. The Kier molecular flexibility index (Phi) is 2.61. The van der Waals surface area contributed by atoms with Gasteiger partial charge in [-0.25, -0.2) is 0 Å². The first-order chi connectivity index (χ1) is 8.11. The highest BCUT2D eigenvalue weighted by molar-refractivity contribution is 5.67. The molecule has 0 atom stereocenters. The molecule has 1 aromatic heterocycles. The van der Waals surface area contributed by atoms with Crippen LogP contribution in [0.2, 0.25) is 0 Å². The largest absolute Gasteiger partial charge is 0.496 e. The Morgan fingerprint density at radius 2 is 2.29 bits per heavy atom. The number of methoxy groups -OCH3 is 1. The Morgan fingerprint density at radius 1 is 1.53 bits per heavy atom. The predicted octanol–water partition coefficient (Wildman–Crippen LogP) is 0.971. The number of nitrogens with two attached hydrogens (primary N) is 1. The van der Waals surface area contributed by atoms with E-state index in [0.29, 0.717) is 17.1 Å². The zero-order valence-electron chi connectivity index (χ0n) is 8.88. The van der Waals surface area contributed by atoms with Gasteiger partial charge in [-0.3, -0.25) is 15.2 Å². The third kappa shape index (κ3) is 2.00. The average Bonchev–Trinajstić information content (AvgIpc) is 2.74. The number of hydrogen-bond donors (Lipinski definition) is 2. The number of aromatic amines is 1. The van der Waals surface area contributed by atoms with Crippen LogP contribution in [-0.2, 0) is 0 Å². The minimum atomic E-state index is -0.499. The van der Waals surface area contributed by atoms with Crippen molar-refractivity contribution in [3.8, 4) is 17.1 Å². The number of H-pyrrole nitrogens is 1. The van der Waals surface area contributed by atoms with Gasteiger partial charge < -0.3 is 10.5 Å². The minimum Gasteiger partial charge on any atom is -0.496 e. The van der Waals surface area contributed by atoms with Crippen molar-refractivity contribution in [2.75, 3.05) is 12.8 Å². The lowest BCUT2D eigenvalue weighted by Crippen LogP contribution is -1.93. The molecule has 0 radical (unpaired) electrons. The number of non-ortho nitro benzene ring substituents is 1. The smallest absolute Gasteiger partial charge is 0.273 e. The standard InChI is InChI=1S/C9H9N5O3/c1-17-7-4-5(14(15)16)2-3-6(7)8-11-9(10)13-12-8/h2-4H,1H3,(H3,10,11,12,13). The van der Waals surface area contributed by atoms with Crippen LogP contribution in [0.15, 0.2) is 18.2 Å². The summed E-state index contributed by atoms with van der Waals surface area (Å²) in [6.45, 7) is 0. The summed E-state index contributed by atoms with van der Waals surface area (Å²) in [6, 6.07) is 4.20. The molecule has 2 rings (SSSR count). The molecule has 0 fully saturated rings. The molecule has 8 heteroatoms. The third-order valence-electron chi connectivity index (χ3n) is 2.15. The number of aromatic nitrogens is 3. The predicted molar refractivity (Wildman–Crippen MR) is 59.4 cm³/mol. The number of nitro groups is 1. The summed E-state index contributed by atoms with van der Waals surface area (Å²) in [5.41, 5.74) is 5.88. The van der Waals surface area contributed by atoms with Gasteiger partial charge in [0.25, 0.3) is 5.69 Å². The van der Waals surface area contributed by atoms with Crippen molar-refractivity contribution < 1.29 is 9.66 Å². The number of nitro benzene ring substituents is 1. The second-order valence-corrected chi connectivity index (χ2v) is 3.18. The first kappa shape index (κ1) is 10.9. The second kappa shape index (κ2) is 4.08. The normalized spacial score (nSPS) is 10.2. The lowest BCUT2D eigenvalue weighted by Gasteiger charge is -2.04. The van der Waals surface area contributed by atoms with E-state index in [1.165, 1.54) is 25.3 Å². The molecule has 0 spiro atoms. The van der Waals surface area contributed by atoms with E-state index in [9.17, 15) is 10.1 Å². The fraction of sp³-hybridized carbons (Fsp3) is 0.111. The Hall–Kier alpha value is -2.64. The SMILES string of the molecule is COc1cc([N+](=O)[O-])ccc1-c1nc(N)n[nH]1. The van der Waals surface area contributed by atoms with E-state index in [2.05, 4.69) is 15.2 Å². The summed E-state index contributed by atoms with van der Waals surface area (Å²) < 4.78 is 5.07. The van der Waals surface area contributed by atoms with Gasteiger partial charge in [0.05, 0.1) is 23.7 Å². The maximum absolute atomic E-state index is 10.6. The maximum Gasteiger partial charge on any atom is 0.273 e. The zero-order chi connectivity index (χ0) is 12.4. The number of nitrogens with one attached hydrogen (secondary N) is 1. The number of ether oxygens (including phenoxy) is 1. The van der Waals surface area contributed by atoms with Crippen LogP contribution in [0, 0.1) is 10.1 Å². The summed E-state index contributed by atoms with van der Waals surface area (Å²) in [5.74, 6) is 0.824. The highest BCUT2D eigenvalue weighted by atomic mass is 16.6. The molecule has 3 N–H and O–H groups in total. The van der Waals surface area contributed by atoms with Crippen LogP contribution in [0.3, 0.4) is 0 Å². The quantitative estimate of drug-likeness (QED) is 0.604. The fourth-order valence-electron chi connectivity index (χ4n) is 1.38. The van der Waals surface area contributed by atoms with Gasteiger partial charge in [-0.2, -0.15) is 4.98 Å². The second-order valence-electron chi connectivity index (χ2n) is 3.18. The number of nitrogen functional groups attached to an aromatic ring is 1. The van der Waals surface area contributed by atoms with Gasteiger partial charge in [0, 0.05) is 6.07 Å². The third-order valence-corrected chi connectivity index (χ3v) is 2.15. The molecule has 0 saturated carbocycles. The molecule has 88 valence electrons. The van der Waals surface area contributed by atoms with Crippen molar-refractivity contribution in [1.29, 1.82) is 0 Å². The molecule has 1 heterocycles. The molecule has 0 aliphatic rings. The van der Waals surface area contributed by atoms with Gasteiger partial charge in [0.15, 0.2) is 5.82 Å². The van der Waals surface area contributed by atoms with Gasteiger partial charge in [-0.1, -0.05) is 0 Å². The van der Waals surface area contributed by atoms with Crippen LogP contribution in [0.5, 0.6) is 5.75 Å². The van der Waals surface area contributed by atoms with Crippen molar-refractivity contribution >= 4 is 11.6 Å². The summed E-state index contributed by atoms with van der Waals surface area (Å²) in [7, 11) is 1.42. The van der Waals surface area contributed by atoms with E-state index in [4.69, 9.17) is 10.5 Å². The molecule has 0 amide bonds. The fourth-order valence-corrected chi connectivity index (χ4v) is 1.38. The highest BCUT2D eigenvalue weighted by Gasteiger charge is 2.14. The summed E-state index contributed by atoms with van der Waals surface area (Å²) in [5, 5.41) is 16.9. The van der Waals surface area contributed by atoms with E-state index in [-0.39, 0.29) is 11.6 Å². The van der Waals surface area contributed by atoms with Crippen molar-refractivity contribution in [1.82, 2.24) is 15.2 Å². The summed E-state index contributed by atoms with van der Waals surface area (Å²) >= 11 is 0. The molecule has 0 saturated heterocycles. The lowest BCUT2D eigenvalue weighted by atomic mass is 10.1. The maximum atomic E-state index is 10.6. The first-order valence-corrected chi connectivity index (χ1v) is 4.62. The molecular weight excluding hydrogens is 226 g/mol. The number of nitrogens with zero attached hydrogens (tertiary/aromatic N) is 3. The highest BCUT2D eigenvalue weighted by Crippen LogP contribution is 2.31. The van der Waals surface area contributed by atoms with Crippen LogP contribution in [0.4, 0.5) is 11.6 Å². The first-order valence-electron chi connectivity index (χ1n) is 4.62. The Bertz CT molecular complexity index is 566. The molecule has 2 aromatic rings. The number of hydrogen-bond acceptors (Lipinski definition) is 6. The zero-order valence-corrected chi connectivity index (χ0v) is 8.88. The van der Waals surface area contributed by atoms with E-state index >= 15 is 0 Å². The lowest BCUT2D eigenvalue weighted by molar-refractivity contribution is -0.384. The molecule has 0 bridgehead atoms. The molecule has 8 nitrogen and oxygen atoms in total. The monoisotopic (exact) mass is 235 g/mol. The average molecular weight is 235 g/mol. The van der Waals surface area contributed by atoms with Crippen molar-refractivity contribution in [2.45, 2.75) is 0 Å². The molecule has 0 aliphatic heterocycles. The molecule has 0 aliphatic carbocycles. The van der Waals surface area contributed by atoms with Gasteiger partial charge in [-0.05, 0) is 6.07 Å². The van der Waals surface area contributed by atoms with Crippen molar-refractivity contribution in [2.24, 2.45) is 0 Å². The summed E-state index contributed by atoms with van der Waals surface area (Å²) in [6.07, 6.45) is 0. The molecule has 0 unspecified atom stereocenters. The van der Waals surface area contributed by atoms with Crippen LogP contribution in [-0.4, -0.2) is 27.2 Å². The Labute approximate surface area is 95.6 Å². The van der Waals surface area contributed by atoms with Crippen LogP contribution >= 0.6 is 0 Å². The van der Waals surface area contributed by atoms with E-state index in [1.807, 2.05) is 0 Å². The Balaban J connectivity index is 2.51. The van der Waals surface area contributed by atoms with E-state index in [1.54, 1.807) is 0 Å². The van der Waals surface area contributed by atoms with E-state index < -0.39 is 4.92 Å². The van der Waals surface area contributed by atoms with Crippen LogP contribution in [0.25, 0.3) is 11.4 Å². The number of rotatable bonds is 3. The Morgan fingerprint density at radius 3 is 2.82 bits per heavy atom. The van der Waals surface area contributed by atoms with Gasteiger partial charge >= 0.3 is 0 Å². The molecule has 17 heavy (non-hydrogen) atoms. The number of benzene rings is 1. The molecule has 1 aromatic carbocycles. The van der Waals surface area contributed by atoms with Gasteiger partial charge in [0.2, 0.25) is 5.95 Å². The topological polar surface area (TPSA) is 120 Å². The van der Waals surface area contributed by atoms with Crippen LogP contribution in [0.1, 0.15) is 0 Å². The van der Waals surface area contributed by atoms with Gasteiger partial charge in [-0.15, -0.1) is 5.10 Å². The van der Waals surface area contributed by atoms with Gasteiger partial charge in [0.1, 0.15) is 5.75 Å². The van der Waals surface area contributed by atoms with Crippen molar-refractivity contribution in [3.63, 3.8) is 0 Å². The van der Waals surface area contributed by atoms with Crippen molar-refractivity contribution in [3.05, 3.63) is 28.3 Å². The number of anilines is 1. The minimum absolute atomic E-state index is 0.0573. The van der Waals surface area contributed by atoms with E-state index in [0.717, 1.165) is 0 Å². The molecular formula is C9H9N5O3. The van der Waals surface area contributed by atoms with Crippen LogP contribution < -0.4 is 10.5 Å².